The van der Waals surface area contributed by atoms with Crippen LogP contribution >= 0.6 is 0 Å². The lowest BCUT2D eigenvalue weighted by atomic mass is 10.1. The fourth-order valence-corrected chi connectivity index (χ4v) is 1.38. The number of aromatic nitrogens is 3. The molecule has 0 aliphatic rings. The average molecular weight is 193 g/mol. The monoisotopic (exact) mass is 193 g/mol. The van der Waals surface area contributed by atoms with Crippen LogP contribution in [0, 0.1) is 0 Å². The van der Waals surface area contributed by atoms with Crippen molar-refractivity contribution >= 4 is 6.29 Å². The summed E-state index contributed by atoms with van der Waals surface area (Å²) in [6, 6.07) is 0. The first-order valence-corrected chi connectivity index (χ1v) is 4.59. The van der Waals surface area contributed by atoms with Gasteiger partial charge in [-0.15, -0.1) is 5.10 Å². The second kappa shape index (κ2) is 4.17. The fraction of sp³-hybridized carbons (Fsp3) is 0.500. The lowest BCUT2D eigenvalue weighted by molar-refractivity contribution is 0.111. The van der Waals surface area contributed by atoms with Gasteiger partial charge in [-0.05, 0) is 12.8 Å². The van der Waals surface area contributed by atoms with Crippen LogP contribution in [0.5, 0.6) is 0 Å². The molecule has 0 radical (unpaired) electrons. The SMILES string of the molecule is C=C(C)Cn1nnc(C=O)c1C(C)C. The number of hydrogen-bond acceptors (Lipinski definition) is 3. The van der Waals surface area contributed by atoms with Crippen molar-refractivity contribution in [2.24, 2.45) is 0 Å². The zero-order chi connectivity index (χ0) is 10.7. The third kappa shape index (κ3) is 2.07. The van der Waals surface area contributed by atoms with Gasteiger partial charge in [0.15, 0.2) is 6.29 Å². The molecule has 0 saturated carbocycles. The van der Waals surface area contributed by atoms with Gasteiger partial charge in [0.2, 0.25) is 0 Å². The fourth-order valence-electron chi connectivity index (χ4n) is 1.38. The standard InChI is InChI=1S/C10H15N3O/c1-7(2)5-13-10(8(3)4)9(6-14)11-12-13/h6,8H,1,5H2,2-4H3. The Balaban J connectivity index is 3.10. The van der Waals surface area contributed by atoms with Gasteiger partial charge < -0.3 is 0 Å². The van der Waals surface area contributed by atoms with E-state index in [1.807, 2.05) is 20.8 Å². The molecule has 0 aromatic carbocycles. The molecule has 0 fully saturated rings. The van der Waals surface area contributed by atoms with Crippen LogP contribution in [0.1, 0.15) is 42.9 Å². The smallest absolute Gasteiger partial charge is 0.172 e. The normalized spacial score (nSPS) is 10.6. The minimum Gasteiger partial charge on any atom is -0.296 e. The molecule has 1 heterocycles. The Kier molecular flexibility index (Phi) is 3.17. The molecule has 0 amide bonds. The summed E-state index contributed by atoms with van der Waals surface area (Å²) in [6.07, 6.45) is 0.747. The lowest BCUT2D eigenvalue weighted by Gasteiger charge is -2.08. The largest absolute Gasteiger partial charge is 0.296 e. The molecule has 1 aromatic rings. The number of carbonyl (C=O) groups is 1. The molecule has 1 aromatic heterocycles. The molecule has 0 bridgehead atoms. The maximum atomic E-state index is 10.7. The third-order valence-corrected chi connectivity index (χ3v) is 1.88. The van der Waals surface area contributed by atoms with E-state index < -0.39 is 0 Å². The average Bonchev–Trinajstić information content (AvgIpc) is 2.46. The van der Waals surface area contributed by atoms with Gasteiger partial charge in [-0.1, -0.05) is 31.2 Å². The van der Waals surface area contributed by atoms with Crippen molar-refractivity contribution in [3.8, 4) is 0 Å². The highest BCUT2D eigenvalue weighted by Gasteiger charge is 2.14. The van der Waals surface area contributed by atoms with E-state index in [2.05, 4.69) is 16.9 Å². The highest BCUT2D eigenvalue weighted by Crippen LogP contribution is 2.16. The summed E-state index contributed by atoms with van der Waals surface area (Å²) in [4.78, 5) is 10.7. The van der Waals surface area contributed by atoms with Gasteiger partial charge in [0.1, 0.15) is 5.69 Å². The van der Waals surface area contributed by atoms with Gasteiger partial charge in [-0.3, -0.25) is 4.79 Å². The minimum absolute atomic E-state index is 0.240. The third-order valence-electron chi connectivity index (χ3n) is 1.88. The molecule has 4 nitrogen and oxygen atoms in total. The van der Waals surface area contributed by atoms with E-state index in [-0.39, 0.29) is 5.92 Å². The van der Waals surface area contributed by atoms with Crippen molar-refractivity contribution in [1.29, 1.82) is 0 Å². The quantitative estimate of drug-likeness (QED) is 0.541. The Morgan fingerprint density at radius 3 is 2.71 bits per heavy atom. The molecule has 76 valence electrons. The van der Waals surface area contributed by atoms with E-state index in [9.17, 15) is 4.79 Å². The van der Waals surface area contributed by atoms with Gasteiger partial charge in [0.25, 0.3) is 0 Å². The first-order chi connectivity index (χ1) is 6.56. The van der Waals surface area contributed by atoms with E-state index in [1.165, 1.54) is 0 Å². The summed E-state index contributed by atoms with van der Waals surface area (Å²) < 4.78 is 1.73. The van der Waals surface area contributed by atoms with E-state index in [1.54, 1.807) is 4.68 Å². The molecule has 1 rings (SSSR count). The molecule has 14 heavy (non-hydrogen) atoms. The number of nitrogens with zero attached hydrogens (tertiary/aromatic N) is 3. The number of rotatable bonds is 4. The van der Waals surface area contributed by atoms with Gasteiger partial charge in [-0.25, -0.2) is 4.68 Å². The van der Waals surface area contributed by atoms with Crippen LogP contribution in [0.4, 0.5) is 0 Å². The summed E-state index contributed by atoms with van der Waals surface area (Å²) >= 11 is 0. The van der Waals surface area contributed by atoms with Crippen LogP contribution in [0.2, 0.25) is 0 Å². The number of allylic oxidation sites excluding steroid dienone is 1. The Morgan fingerprint density at radius 2 is 2.29 bits per heavy atom. The Morgan fingerprint density at radius 1 is 1.64 bits per heavy atom. The summed E-state index contributed by atoms with van der Waals surface area (Å²) in [5.74, 6) is 0.240. The van der Waals surface area contributed by atoms with Crippen molar-refractivity contribution in [3.05, 3.63) is 23.5 Å². The molecule has 0 spiro atoms. The molecule has 0 N–H and O–H groups in total. The maximum absolute atomic E-state index is 10.7. The Bertz CT molecular complexity index is 352. The molecule has 0 unspecified atom stereocenters. The maximum Gasteiger partial charge on any atom is 0.172 e. The van der Waals surface area contributed by atoms with E-state index >= 15 is 0 Å². The van der Waals surface area contributed by atoms with Crippen molar-refractivity contribution in [3.63, 3.8) is 0 Å². The van der Waals surface area contributed by atoms with Crippen LogP contribution in [0.3, 0.4) is 0 Å². The molecule has 0 saturated heterocycles. The van der Waals surface area contributed by atoms with E-state index in [0.29, 0.717) is 12.2 Å². The van der Waals surface area contributed by atoms with Crippen molar-refractivity contribution in [2.75, 3.05) is 0 Å². The van der Waals surface area contributed by atoms with Crippen LogP contribution in [0.25, 0.3) is 0 Å². The predicted octanol–water partition coefficient (Wildman–Crippen LogP) is 1.79. The van der Waals surface area contributed by atoms with Gasteiger partial charge >= 0.3 is 0 Å². The highest BCUT2D eigenvalue weighted by atomic mass is 16.1. The van der Waals surface area contributed by atoms with Crippen LogP contribution in [0.15, 0.2) is 12.2 Å². The van der Waals surface area contributed by atoms with Crippen molar-refractivity contribution < 1.29 is 4.79 Å². The van der Waals surface area contributed by atoms with E-state index in [4.69, 9.17) is 0 Å². The zero-order valence-electron chi connectivity index (χ0n) is 8.82. The Labute approximate surface area is 83.6 Å². The first-order valence-electron chi connectivity index (χ1n) is 4.59. The molecule has 4 heteroatoms. The van der Waals surface area contributed by atoms with Gasteiger partial charge in [0, 0.05) is 0 Å². The number of aldehydes is 1. The molecular formula is C10H15N3O. The summed E-state index contributed by atoms with van der Waals surface area (Å²) in [7, 11) is 0. The molecule has 0 aliphatic heterocycles. The molecule has 0 atom stereocenters. The molecule has 0 aliphatic carbocycles. The summed E-state index contributed by atoms with van der Waals surface area (Å²) in [5.41, 5.74) is 2.30. The zero-order valence-corrected chi connectivity index (χ0v) is 8.82. The Hall–Kier alpha value is -1.45. The number of hydrogen-bond donors (Lipinski definition) is 0. The topological polar surface area (TPSA) is 47.8 Å². The molecular weight excluding hydrogens is 178 g/mol. The van der Waals surface area contributed by atoms with Crippen molar-refractivity contribution in [2.45, 2.75) is 33.2 Å². The summed E-state index contributed by atoms with van der Waals surface area (Å²) in [6.45, 7) is 10.4. The second-order valence-electron chi connectivity index (χ2n) is 3.75. The van der Waals surface area contributed by atoms with Gasteiger partial charge in [-0.2, -0.15) is 0 Å². The second-order valence-corrected chi connectivity index (χ2v) is 3.75. The first kappa shape index (κ1) is 10.6. The van der Waals surface area contributed by atoms with E-state index in [0.717, 1.165) is 17.6 Å². The summed E-state index contributed by atoms with van der Waals surface area (Å²) in [5, 5.41) is 7.74. The van der Waals surface area contributed by atoms with Crippen molar-refractivity contribution in [1.82, 2.24) is 15.0 Å². The highest BCUT2D eigenvalue weighted by molar-refractivity contribution is 5.73. The van der Waals surface area contributed by atoms with Crippen LogP contribution < -0.4 is 0 Å². The van der Waals surface area contributed by atoms with Crippen LogP contribution in [-0.4, -0.2) is 21.3 Å². The van der Waals surface area contributed by atoms with Gasteiger partial charge in [0.05, 0.1) is 12.2 Å². The number of carbonyl (C=O) groups excluding carboxylic acids is 1. The lowest BCUT2D eigenvalue weighted by Crippen LogP contribution is -2.08. The van der Waals surface area contributed by atoms with Crippen LogP contribution in [-0.2, 0) is 6.54 Å². The predicted molar refractivity (Wildman–Crippen MR) is 54.3 cm³/mol. The minimum atomic E-state index is 0.240.